The van der Waals surface area contributed by atoms with Crippen LogP contribution >= 0.6 is 11.6 Å². The predicted octanol–water partition coefficient (Wildman–Crippen LogP) is 5.78. The number of hydrogen-bond acceptors (Lipinski definition) is 9. The number of nitrogens with zero attached hydrogens (tertiary/aromatic N) is 1. The fourth-order valence-electron chi connectivity index (χ4n) is 5.07. The molecule has 0 aliphatic heterocycles. The topological polar surface area (TPSA) is 94.2 Å². The molecule has 0 N–H and O–H groups in total. The first kappa shape index (κ1) is 39.2. The Bertz CT molecular complexity index is 1050. The lowest BCUT2D eigenvalue weighted by atomic mass is 9.98. The molecule has 1 amide bonds. The highest BCUT2D eigenvalue weighted by Crippen LogP contribution is 2.44. The summed E-state index contributed by atoms with van der Waals surface area (Å²) in [5.74, 6) is 0.785. The molecule has 0 aromatic heterocycles. The number of alkyl halides is 1. The van der Waals surface area contributed by atoms with Crippen LogP contribution in [-0.2, 0) is 37.9 Å². The molecular formula is C36H54ClNO9. The van der Waals surface area contributed by atoms with Crippen molar-refractivity contribution in [2.45, 2.75) is 31.6 Å². The van der Waals surface area contributed by atoms with Gasteiger partial charge in [-0.05, 0) is 35.1 Å². The van der Waals surface area contributed by atoms with Crippen molar-refractivity contribution in [3.8, 4) is 11.1 Å². The van der Waals surface area contributed by atoms with Crippen molar-refractivity contribution in [3.63, 3.8) is 0 Å². The van der Waals surface area contributed by atoms with Crippen LogP contribution in [0.1, 0.15) is 42.7 Å². The Labute approximate surface area is 285 Å². The molecule has 0 unspecified atom stereocenters. The average molecular weight is 680 g/mol. The molecule has 11 heteroatoms. The Morgan fingerprint density at radius 3 is 1.45 bits per heavy atom. The second-order valence-corrected chi connectivity index (χ2v) is 11.5. The fraction of sp³-hybridized carbons (Fsp3) is 0.639. The second kappa shape index (κ2) is 25.7. The number of hydrogen-bond donors (Lipinski definition) is 0. The molecule has 1 aliphatic carbocycles. The van der Waals surface area contributed by atoms with Gasteiger partial charge in [-0.2, -0.15) is 0 Å². The highest BCUT2D eigenvalue weighted by Gasteiger charge is 2.29. The predicted molar refractivity (Wildman–Crippen MR) is 183 cm³/mol. The van der Waals surface area contributed by atoms with Crippen LogP contribution in [0.3, 0.4) is 0 Å². The zero-order chi connectivity index (χ0) is 33.2. The first-order chi connectivity index (χ1) is 23.2. The van der Waals surface area contributed by atoms with E-state index in [4.69, 9.17) is 49.5 Å². The smallest absolute Gasteiger partial charge is 0.409 e. The molecule has 0 radical (unpaired) electrons. The highest BCUT2D eigenvalue weighted by atomic mass is 35.5. The number of unbranched alkanes of at least 4 members (excludes halogenated alkanes) is 3. The molecule has 3 rings (SSSR count). The summed E-state index contributed by atoms with van der Waals surface area (Å²) < 4.78 is 44.4. The van der Waals surface area contributed by atoms with Gasteiger partial charge in [-0.15, -0.1) is 11.6 Å². The number of carbonyl (C=O) groups excluding carboxylic acids is 1. The molecule has 0 heterocycles. The zero-order valence-electron chi connectivity index (χ0n) is 28.0. The van der Waals surface area contributed by atoms with Crippen LogP contribution in [0.15, 0.2) is 48.5 Å². The number of halogens is 1. The van der Waals surface area contributed by atoms with E-state index in [1.165, 1.54) is 33.6 Å². The lowest BCUT2D eigenvalue weighted by Crippen LogP contribution is -2.32. The number of carbonyl (C=O) groups is 1. The summed E-state index contributed by atoms with van der Waals surface area (Å²) in [5.41, 5.74) is 4.81. The number of amides is 1. The molecular weight excluding hydrogens is 626 g/mol. The molecule has 47 heavy (non-hydrogen) atoms. The number of likely N-dealkylation sites (N-methyl/N-ethyl adjacent to an activating group) is 1. The van der Waals surface area contributed by atoms with Gasteiger partial charge in [0.15, 0.2) is 0 Å². The van der Waals surface area contributed by atoms with Gasteiger partial charge in [0, 0.05) is 32.0 Å². The largest absolute Gasteiger partial charge is 0.448 e. The normalized spacial score (nSPS) is 12.3. The van der Waals surface area contributed by atoms with Gasteiger partial charge in [0.05, 0.1) is 85.9 Å². The van der Waals surface area contributed by atoms with Crippen molar-refractivity contribution in [2.75, 3.05) is 119 Å². The van der Waals surface area contributed by atoms with Crippen LogP contribution in [-0.4, -0.2) is 130 Å². The monoisotopic (exact) mass is 679 g/mol. The van der Waals surface area contributed by atoms with Crippen LogP contribution in [0.4, 0.5) is 4.79 Å². The molecule has 0 saturated heterocycles. The maximum Gasteiger partial charge on any atom is 0.409 e. The molecule has 10 nitrogen and oxygen atoms in total. The molecule has 2 aromatic rings. The van der Waals surface area contributed by atoms with Crippen molar-refractivity contribution >= 4 is 17.7 Å². The van der Waals surface area contributed by atoms with E-state index in [0.29, 0.717) is 99.0 Å². The van der Waals surface area contributed by atoms with Crippen LogP contribution in [0.2, 0.25) is 0 Å². The quantitative estimate of drug-likeness (QED) is 0.0783. The van der Waals surface area contributed by atoms with Crippen molar-refractivity contribution in [1.29, 1.82) is 0 Å². The number of rotatable bonds is 29. The summed E-state index contributed by atoms with van der Waals surface area (Å²) in [4.78, 5) is 14.1. The van der Waals surface area contributed by atoms with E-state index < -0.39 is 0 Å². The van der Waals surface area contributed by atoms with Crippen LogP contribution in [0.25, 0.3) is 11.1 Å². The molecule has 0 bridgehead atoms. The van der Waals surface area contributed by atoms with E-state index in [0.717, 1.165) is 31.7 Å². The first-order valence-corrected chi connectivity index (χ1v) is 17.4. The van der Waals surface area contributed by atoms with Crippen LogP contribution < -0.4 is 0 Å². The van der Waals surface area contributed by atoms with E-state index in [9.17, 15) is 4.79 Å². The van der Waals surface area contributed by atoms with Crippen molar-refractivity contribution in [3.05, 3.63) is 59.7 Å². The number of fused-ring (bicyclic) bond motifs is 3. The van der Waals surface area contributed by atoms with E-state index in [1.807, 2.05) is 24.3 Å². The molecule has 0 saturated carbocycles. The van der Waals surface area contributed by atoms with Gasteiger partial charge in [-0.3, -0.25) is 0 Å². The third-order valence-corrected chi connectivity index (χ3v) is 7.89. The van der Waals surface area contributed by atoms with E-state index in [1.54, 1.807) is 7.05 Å². The van der Waals surface area contributed by atoms with Crippen LogP contribution in [0.5, 0.6) is 0 Å². The lowest BCUT2D eigenvalue weighted by Gasteiger charge is -2.19. The molecule has 264 valence electrons. The Hall–Kier alpha value is -2.28. The summed E-state index contributed by atoms with van der Waals surface area (Å²) in [7, 11) is 1.72. The fourth-order valence-corrected chi connectivity index (χ4v) is 5.26. The Morgan fingerprint density at radius 2 is 0.979 bits per heavy atom. The molecule has 0 atom stereocenters. The zero-order valence-corrected chi connectivity index (χ0v) is 28.8. The van der Waals surface area contributed by atoms with Crippen LogP contribution in [0, 0.1) is 0 Å². The first-order valence-electron chi connectivity index (χ1n) is 16.9. The van der Waals surface area contributed by atoms with E-state index in [2.05, 4.69) is 24.3 Å². The third-order valence-electron chi connectivity index (χ3n) is 7.62. The van der Waals surface area contributed by atoms with Gasteiger partial charge < -0.3 is 42.8 Å². The second-order valence-electron chi connectivity index (χ2n) is 11.1. The molecule has 0 spiro atoms. The lowest BCUT2D eigenvalue weighted by molar-refractivity contribution is -0.0209. The third kappa shape index (κ3) is 16.1. The summed E-state index contributed by atoms with van der Waals surface area (Å²) in [6.07, 6.45) is 4.13. The minimum absolute atomic E-state index is 0.0451. The Kier molecular flexibility index (Phi) is 21.4. The van der Waals surface area contributed by atoms with Gasteiger partial charge in [0.25, 0.3) is 0 Å². The molecule has 2 aromatic carbocycles. The summed E-state index contributed by atoms with van der Waals surface area (Å²) >= 11 is 5.66. The minimum atomic E-state index is -0.358. The van der Waals surface area contributed by atoms with Gasteiger partial charge in [0.1, 0.15) is 6.61 Å². The molecule has 1 aliphatic rings. The van der Waals surface area contributed by atoms with Crippen molar-refractivity contribution in [2.24, 2.45) is 0 Å². The van der Waals surface area contributed by atoms with Gasteiger partial charge in [0.2, 0.25) is 0 Å². The SMILES string of the molecule is CN(CCOCCOCCOCCOCCOCCOCCOCCCCCCCl)C(=O)OCC1c2ccccc2-c2ccccc21. The summed E-state index contributed by atoms with van der Waals surface area (Å²) in [6.45, 7) is 8.10. The van der Waals surface area contributed by atoms with Crippen molar-refractivity contribution < 1.29 is 42.7 Å². The van der Waals surface area contributed by atoms with Gasteiger partial charge >= 0.3 is 6.09 Å². The molecule has 0 fully saturated rings. The van der Waals surface area contributed by atoms with E-state index in [-0.39, 0.29) is 12.0 Å². The Morgan fingerprint density at radius 1 is 0.574 bits per heavy atom. The number of benzene rings is 2. The standard InChI is InChI=1S/C36H54ClNO9/c1-38(36(39)47-30-35-33-12-6-4-10-31(33)32-11-5-7-13-34(32)35)15-17-41-19-21-43-23-25-45-27-29-46-28-26-44-24-22-42-20-18-40-16-9-3-2-8-14-37/h4-7,10-13,35H,2-3,8-9,14-30H2,1H3. The Balaban J connectivity index is 1.03. The maximum atomic E-state index is 12.6. The van der Waals surface area contributed by atoms with E-state index >= 15 is 0 Å². The van der Waals surface area contributed by atoms with Gasteiger partial charge in [-0.1, -0.05) is 61.4 Å². The maximum absolute atomic E-state index is 12.6. The highest BCUT2D eigenvalue weighted by molar-refractivity contribution is 6.17. The minimum Gasteiger partial charge on any atom is -0.448 e. The number of ether oxygens (including phenoxy) is 8. The average Bonchev–Trinajstić information content (AvgIpc) is 3.42. The van der Waals surface area contributed by atoms with Gasteiger partial charge in [-0.25, -0.2) is 4.79 Å². The van der Waals surface area contributed by atoms with Crippen molar-refractivity contribution in [1.82, 2.24) is 4.90 Å². The summed E-state index contributed by atoms with van der Waals surface area (Å²) in [5, 5.41) is 0. The summed E-state index contributed by atoms with van der Waals surface area (Å²) in [6, 6.07) is 16.6.